The van der Waals surface area contributed by atoms with Gasteiger partial charge in [-0.2, -0.15) is 0 Å². The van der Waals surface area contributed by atoms with Gasteiger partial charge in [0.1, 0.15) is 0 Å². The largest absolute Gasteiger partial charge is 0.327 e. The Morgan fingerprint density at radius 2 is 2.15 bits per heavy atom. The van der Waals surface area contributed by atoms with Crippen LogP contribution in [0.25, 0.3) is 0 Å². The summed E-state index contributed by atoms with van der Waals surface area (Å²) in [6, 6.07) is 0.825. The van der Waals surface area contributed by atoms with E-state index in [2.05, 4.69) is 25.3 Å². The van der Waals surface area contributed by atoms with Crippen molar-refractivity contribution in [3.8, 4) is 0 Å². The van der Waals surface area contributed by atoms with Crippen LogP contribution in [0.5, 0.6) is 0 Å². The zero-order valence-corrected chi connectivity index (χ0v) is 8.92. The molecule has 1 rings (SSSR count). The summed E-state index contributed by atoms with van der Waals surface area (Å²) in [5.41, 5.74) is 6.71. The van der Waals surface area contributed by atoms with Crippen molar-refractivity contribution in [2.45, 2.75) is 32.7 Å². The van der Waals surface area contributed by atoms with E-state index in [-0.39, 0.29) is 0 Å². The third-order valence-electron chi connectivity index (χ3n) is 2.38. The number of hydrogen-bond donors (Lipinski definition) is 1. The van der Waals surface area contributed by atoms with Crippen LogP contribution >= 0.6 is 0 Å². The van der Waals surface area contributed by atoms with Crippen molar-refractivity contribution in [1.29, 1.82) is 0 Å². The van der Waals surface area contributed by atoms with Crippen molar-refractivity contribution in [3.63, 3.8) is 0 Å². The lowest BCUT2D eigenvalue weighted by Gasteiger charge is -2.24. The van der Waals surface area contributed by atoms with E-state index in [1.807, 2.05) is 0 Å². The molecule has 1 aliphatic rings. The minimum absolute atomic E-state index is 0.626. The van der Waals surface area contributed by atoms with Crippen LogP contribution in [0.2, 0.25) is 0 Å². The molecule has 0 radical (unpaired) electrons. The second-order valence-electron chi connectivity index (χ2n) is 4.51. The summed E-state index contributed by atoms with van der Waals surface area (Å²) in [6.45, 7) is 11.3. The van der Waals surface area contributed by atoms with Crippen LogP contribution in [0.1, 0.15) is 26.7 Å². The topological polar surface area (TPSA) is 29.3 Å². The van der Waals surface area contributed by atoms with Crippen LogP contribution in [0.15, 0.2) is 12.2 Å². The molecular formula is C11H22N2. The van der Waals surface area contributed by atoms with E-state index in [0.717, 1.165) is 24.1 Å². The van der Waals surface area contributed by atoms with E-state index in [0.29, 0.717) is 6.54 Å². The number of nitrogens with two attached hydrogens (primary N) is 1. The maximum atomic E-state index is 5.55. The van der Waals surface area contributed by atoms with Crippen LogP contribution < -0.4 is 5.73 Å². The SMILES string of the molecule is C=C(CN)CN(CC(C)C)C1CC1. The van der Waals surface area contributed by atoms with E-state index in [1.165, 1.54) is 19.4 Å². The van der Waals surface area contributed by atoms with Gasteiger partial charge in [-0.1, -0.05) is 20.4 Å². The van der Waals surface area contributed by atoms with E-state index in [9.17, 15) is 0 Å². The van der Waals surface area contributed by atoms with Gasteiger partial charge in [-0.25, -0.2) is 0 Å². The van der Waals surface area contributed by atoms with Gasteiger partial charge in [0, 0.05) is 25.7 Å². The molecule has 0 aromatic heterocycles. The predicted molar refractivity (Wildman–Crippen MR) is 57.6 cm³/mol. The van der Waals surface area contributed by atoms with Gasteiger partial charge in [0.15, 0.2) is 0 Å². The number of hydrogen-bond acceptors (Lipinski definition) is 2. The Morgan fingerprint density at radius 1 is 1.54 bits per heavy atom. The highest BCUT2D eigenvalue weighted by atomic mass is 15.2. The van der Waals surface area contributed by atoms with Crippen molar-refractivity contribution in [3.05, 3.63) is 12.2 Å². The normalized spacial score (nSPS) is 17.0. The van der Waals surface area contributed by atoms with Crippen LogP contribution in [0, 0.1) is 5.92 Å². The molecule has 2 heteroatoms. The summed E-state index contributed by atoms with van der Waals surface area (Å²) in [4.78, 5) is 2.53. The molecule has 13 heavy (non-hydrogen) atoms. The summed E-state index contributed by atoms with van der Waals surface area (Å²) in [5, 5.41) is 0. The van der Waals surface area contributed by atoms with Crippen molar-refractivity contribution < 1.29 is 0 Å². The van der Waals surface area contributed by atoms with Crippen molar-refractivity contribution in [2.75, 3.05) is 19.6 Å². The maximum Gasteiger partial charge on any atom is 0.0205 e. The molecule has 0 heterocycles. The minimum atomic E-state index is 0.626. The monoisotopic (exact) mass is 182 g/mol. The molecule has 1 saturated carbocycles. The van der Waals surface area contributed by atoms with Crippen molar-refractivity contribution >= 4 is 0 Å². The molecule has 2 N–H and O–H groups in total. The highest BCUT2D eigenvalue weighted by molar-refractivity contribution is 5.01. The lowest BCUT2D eigenvalue weighted by atomic mass is 10.2. The van der Waals surface area contributed by atoms with Crippen molar-refractivity contribution in [2.24, 2.45) is 11.7 Å². The van der Waals surface area contributed by atoms with Gasteiger partial charge in [-0.3, -0.25) is 4.90 Å². The summed E-state index contributed by atoms with van der Waals surface area (Å²) in [5.74, 6) is 0.742. The first-order valence-electron chi connectivity index (χ1n) is 5.24. The van der Waals surface area contributed by atoms with Gasteiger partial charge < -0.3 is 5.73 Å². The molecule has 0 aromatic rings. The fraction of sp³-hybridized carbons (Fsp3) is 0.818. The third kappa shape index (κ3) is 3.92. The molecule has 1 fully saturated rings. The molecule has 0 spiro atoms. The molecule has 0 aliphatic heterocycles. The smallest absolute Gasteiger partial charge is 0.0205 e. The first kappa shape index (κ1) is 10.7. The molecular weight excluding hydrogens is 160 g/mol. The molecule has 0 atom stereocenters. The molecule has 0 saturated heterocycles. The molecule has 0 aromatic carbocycles. The van der Waals surface area contributed by atoms with E-state index < -0.39 is 0 Å². The van der Waals surface area contributed by atoms with E-state index in [1.54, 1.807) is 0 Å². The Hall–Kier alpha value is -0.340. The summed E-state index contributed by atoms with van der Waals surface area (Å²) >= 11 is 0. The Morgan fingerprint density at radius 3 is 2.54 bits per heavy atom. The fourth-order valence-electron chi connectivity index (χ4n) is 1.60. The Balaban J connectivity index is 2.33. The Kier molecular flexibility index (Phi) is 3.94. The lowest BCUT2D eigenvalue weighted by Crippen LogP contribution is -2.33. The molecule has 76 valence electrons. The maximum absolute atomic E-state index is 5.55. The second kappa shape index (κ2) is 4.77. The average Bonchev–Trinajstić information content (AvgIpc) is 2.84. The summed E-state index contributed by atoms with van der Waals surface area (Å²) in [6.07, 6.45) is 2.73. The fourth-order valence-corrected chi connectivity index (χ4v) is 1.60. The third-order valence-corrected chi connectivity index (χ3v) is 2.38. The number of nitrogens with zero attached hydrogens (tertiary/aromatic N) is 1. The van der Waals surface area contributed by atoms with Gasteiger partial charge in [-0.15, -0.1) is 0 Å². The molecule has 2 nitrogen and oxygen atoms in total. The molecule has 0 bridgehead atoms. The van der Waals surface area contributed by atoms with Crippen molar-refractivity contribution in [1.82, 2.24) is 4.90 Å². The quantitative estimate of drug-likeness (QED) is 0.632. The highest BCUT2D eigenvalue weighted by Gasteiger charge is 2.28. The lowest BCUT2D eigenvalue weighted by molar-refractivity contribution is 0.253. The summed E-state index contributed by atoms with van der Waals surface area (Å²) in [7, 11) is 0. The van der Waals surface area contributed by atoms with Gasteiger partial charge in [0.2, 0.25) is 0 Å². The minimum Gasteiger partial charge on any atom is -0.327 e. The zero-order chi connectivity index (χ0) is 9.84. The Labute approximate surface area is 81.8 Å². The summed E-state index contributed by atoms with van der Waals surface area (Å²) < 4.78 is 0. The van der Waals surface area contributed by atoms with Gasteiger partial charge in [0.05, 0.1) is 0 Å². The van der Waals surface area contributed by atoms with Gasteiger partial charge in [-0.05, 0) is 24.3 Å². The molecule has 0 amide bonds. The van der Waals surface area contributed by atoms with E-state index in [4.69, 9.17) is 5.73 Å². The zero-order valence-electron chi connectivity index (χ0n) is 8.92. The van der Waals surface area contributed by atoms with Gasteiger partial charge >= 0.3 is 0 Å². The second-order valence-corrected chi connectivity index (χ2v) is 4.51. The molecule has 0 unspecified atom stereocenters. The number of rotatable bonds is 6. The van der Waals surface area contributed by atoms with Crippen LogP contribution in [0.3, 0.4) is 0 Å². The Bertz CT molecular complexity index is 171. The average molecular weight is 182 g/mol. The van der Waals surface area contributed by atoms with E-state index >= 15 is 0 Å². The standard InChI is InChI=1S/C11H22N2/c1-9(2)7-13(11-4-5-11)8-10(3)6-12/h9,11H,3-8,12H2,1-2H3. The first-order valence-corrected chi connectivity index (χ1v) is 5.24. The molecule has 1 aliphatic carbocycles. The predicted octanol–water partition coefficient (Wildman–Crippen LogP) is 1.62. The van der Waals surface area contributed by atoms with Crippen LogP contribution in [0.4, 0.5) is 0 Å². The first-order chi connectivity index (χ1) is 6.13. The van der Waals surface area contributed by atoms with Crippen LogP contribution in [-0.4, -0.2) is 30.6 Å². The highest BCUT2D eigenvalue weighted by Crippen LogP contribution is 2.27. The van der Waals surface area contributed by atoms with Crippen LogP contribution in [-0.2, 0) is 0 Å². The van der Waals surface area contributed by atoms with Gasteiger partial charge in [0.25, 0.3) is 0 Å².